The van der Waals surface area contributed by atoms with Crippen LogP contribution in [-0.2, 0) is 5.41 Å². The van der Waals surface area contributed by atoms with Crippen molar-refractivity contribution < 1.29 is 0 Å². The molecule has 0 saturated carbocycles. The summed E-state index contributed by atoms with van der Waals surface area (Å²) in [6.45, 7) is 8.23. The van der Waals surface area contributed by atoms with Crippen LogP contribution in [0.4, 0.5) is 0 Å². The molecule has 0 fully saturated rings. The Morgan fingerprint density at radius 2 is 1.69 bits per heavy atom. The van der Waals surface area contributed by atoms with Gasteiger partial charge in [-0.15, -0.1) is 0 Å². The Hall–Kier alpha value is -1.75. The van der Waals surface area contributed by atoms with Crippen molar-refractivity contribution in [2.24, 2.45) is 5.73 Å². The number of nitrogens with zero attached hydrogens (tertiary/aromatic N) is 1. The predicted octanol–water partition coefficient (Wildman–Crippen LogP) is 3.20. The van der Waals surface area contributed by atoms with Gasteiger partial charge in [0, 0.05) is 5.57 Å². The number of hydrogen-bond donors (Lipinski definition) is 1. The number of nitriles is 1. The number of nitrogens with two attached hydrogens (primary N) is 1. The zero-order valence-corrected chi connectivity index (χ0v) is 10.3. The van der Waals surface area contributed by atoms with Crippen molar-refractivity contribution in [2.75, 3.05) is 0 Å². The van der Waals surface area contributed by atoms with Gasteiger partial charge in [-0.05, 0) is 23.5 Å². The Morgan fingerprint density at radius 1 is 1.19 bits per heavy atom. The van der Waals surface area contributed by atoms with Gasteiger partial charge in [0.2, 0.25) is 0 Å². The minimum absolute atomic E-state index is 0.140. The van der Waals surface area contributed by atoms with Gasteiger partial charge in [0.25, 0.3) is 0 Å². The Bertz CT molecular complexity index is 439. The zero-order valence-electron chi connectivity index (χ0n) is 10.3. The van der Waals surface area contributed by atoms with Crippen LogP contribution in [0.1, 0.15) is 38.8 Å². The predicted molar refractivity (Wildman–Crippen MR) is 67.5 cm³/mol. The molecule has 0 saturated heterocycles. The van der Waals surface area contributed by atoms with Crippen molar-refractivity contribution in [3.63, 3.8) is 0 Å². The molecule has 0 aliphatic carbocycles. The van der Waals surface area contributed by atoms with E-state index in [4.69, 9.17) is 11.0 Å². The van der Waals surface area contributed by atoms with Crippen molar-refractivity contribution >= 4 is 5.70 Å². The van der Waals surface area contributed by atoms with Crippen LogP contribution in [0.3, 0.4) is 0 Å². The average molecular weight is 214 g/mol. The fraction of sp³-hybridized carbons (Fsp3) is 0.357. The van der Waals surface area contributed by atoms with Crippen molar-refractivity contribution in [2.45, 2.75) is 33.1 Å². The molecule has 0 unspecified atom stereocenters. The van der Waals surface area contributed by atoms with Crippen LogP contribution >= 0.6 is 0 Å². The van der Waals surface area contributed by atoms with E-state index in [2.05, 4.69) is 39.0 Å². The molecule has 0 aliphatic heterocycles. The summed E-state index contributed by atoms with van der Waals surface area (Å²) in [6.07, 6.45) is 0. The molecule has 2 nitrogen and oxygen atoms in total. The smallest absolute Gasteiger partial charge is 0.0965 e. The normalized spacial score (nSPS) is 12.9. The highest BCUT2D eigenvalue weighted by Crippen LogP contribution is 2.23. The molecular formula is C14H18N2. The maximum Gasteiger partial charge on any atom is 0.0965 e. The molecule has 1 rings (SSSR count). The van der Waals surface area contributed by atoms with Gasteiger partial charge in [-0.2, -0.15) is 5.26 Å². The largest absolute Gasteiger partial charge is 0.397 e. The topological polar surface area (TPSA) is 49.8 Å². The first-order valence-electron chi connectivity index (χ1n) is 5.33. The number of rotatable bonds is 1. The summed E-state index contributed by atoms with van der Waals surface area (Å²) < 4.78 is 0. The first-order chi connectivity index (χ1) is 7.36. The number of hydrogen-bond acceptors (Lipinski definition) is 2. The second-order valence-electron chi connectivity index (χ2n) is 4.98. The van der Waals surface area contributed by atoms with Crippen LogP contribution in [0.15, 0.2) is 29.8 Å². The van der Waals surface area contributed by atoms with E-state index in [9.17, 15) is 0 Å². The molecule has 0 atom stereocenters. The summed E-state index contributed by atoms with van der Waals surface area (Å²) in [6, 6.07) is 10.1. The van der Waals surface area contributed by atoms with Gasteiger partial charge in [-0.3, -0.25) is 0 Å². The second-order valence-corrected chi connectivity index (χ2v) is 4.98. The lowest BCUT2D eigenvalue weighted by molar-refractivity contribution is 0.590. The van der Waals surface area contributed by atoms with Crippen LogP contribution in [-0.4, -0.2) is 0 Å². The third-order valence-corrected chi connectivity index (χ3v) is 2.63. The first kappa shape index (κ1) is 12.3. The number of allylic oxidation sites excluding steroid dienone is 1. The molecular weight excluding hydrogens is 196 g/mol. The van der Waals surface area contributed by atoms with E-state index in [1.807, 2.05) is 12.1 Å². The van der Waals surface area contributed by atoms with Gasteiger partial charge in [0.15, 0.2) is 0 Å². The summed E-state index contributed by atoms with van der Waals surface area (Å²) in [7, 11) is 0. The van der Waals surface area contributed by atoms with Crippen LogP contribution in [0, 0.1) is 11.3 Å². The molecule has 84 valence electrons. The summed E-state index contributed by atoms with van der Waals surface area (Å²) in [4.78, 5) is 0. The van der Waals surface area contributed by atoms with Gasteiger partial charge in [0.1, 0.15) is 0 Å². The maximum atomic E-state index is 8.76. The molecule has 0 radical (unpaired) electrons. The van der Waals surface area contributed by atoms with Crippen LogP contribution in [0.2, 0.25) is 0 Å². The molecule has 2 N–H and O–H groups in total. The molecule has 1 aromatic rings. The van der Waals surface area contributed by atoms with Crippen LogP contribution in [0.5, 0.6) is 0 Å². The van der Waals surface area contributed by atoms with E-state index >= 15 is 0 Å². The van der Waals surface area contributed by atoms with Gasteiger partial charge in [0.05, 0.1) is 11.8 Å². The molecule has 1 aromatic carbocycles. The molecule has 0 spiro atoms. The fourth-order valence-electron chi connectivity index (χ4n) is 1.43. The summed E-state index contributed by atoms with van der Waals surface area (Å²) in [5.74, 6) is 0. The number of benzene rings is 1. The highest BCUT2D eigenvalue weighted by molar-refractivity contribution is 5.68. The monoisotopic (exact) mass is 214 g/mol. The highest BCUT2D eigenvalue weighted by atomic mass is 14.6. The Labute approximate surface area is 97.4 Å². The van der Waals surface area contributed by atoms with E-state index in [-0.39, 0.29) is 5.41 Å². The Balaban J connectivity index is 3.11. The summed E-state index contributed by atoms with van der Waals surface area (Å²) in [5, 5.41) is 8.76. The minimum Gasteiger partial charge on any atom is -0.397 e. The van der Waals surface area contributed by atoms with Crippen molar-refractivity contribution in [3.05, 3.63) is 41.0 Å². The van der Waals surface area contributed by atoms with Crippen molar-refractivity contribution in [3.8, 4) is 6.07 Å². The Morgan fingerprint density at radius 3 is 2.06 bits per heavy atom. The molecule has 16 heavy (non-hydrogen) atoms. The standard InChI is InChI=1S/C14H18N2/c1-10(9-15)13(16)11-5-7-12(8-6-11)14(2,3)4/h5-8H,16H2,1-4H3/b13-10-. The van der Waals surface area contributed by atoms with E-state index in [1.165, 1.54) is 5.56 Å². The lowest BCUT2D eigenvalue weighted by Gasteiger charge is -2.19. The van der Waals surface area contributed by atoms with Gasteiger partial charge >= 0.3 is 0 Å². The van der Waals surface area contributed by atoms with Gasteiger partial charge < -0.3 is 5.73 Å². The molecule has 0 aromatic heterocycles. The van der Waals surface area contributed by atoms with Crippen LogP contribution in [0.25, 0.3) is 5.70 Å². The highest BCUT2D eigenvalue weighted by Gasteiger charge is 2.13. The van der Waals surface area contributed by atoms with E-state index < -0.39 is 0 Å². The molecule has 0 bridgehead atoms. The lowest BCUT2D eigenvalue weighted by atomic mass is 9.86. The third kappa shape index (κ3) is 2.64. The van der Waals surface area contributed by atoms with E-state index in [0.717, 1.165) is 5.56 Å². The lowest BCUT2D eigenvalue weighted by Crippen LogP contribution is -2.11. The van der Waals surface area contributed by atoms with E-state index in [1.54, 1.807) is 6.92 Å². The maximum absolute atomic E-state index is 8.76. The van der Waals surface area contributed by atoms with Gasteiger partial charge in [-0.1, -0.05) is 45.0 Å². The van der Waals surface area contributed by atoms with Gasteiger partial charge in [-0.25, -0.2) is 0 Å². The third-order valence-electron chi connectivity index (χ3n) is 2.63. The molecule has 0 aliphatic rings. The summed E-state index contributed by atoms with van der Waals surface area (Å²) in [5.41, 5.74) is 9.29. The molecule has 0 heterocycles. The van der Waals surface area contributed by atoms with Crippen LogP contribution < -0.4 is 5.73 Å². The second kappa shape index (κ2) is 4.40. The zero-order chi connectivity index (χ0) is 12.3. The van der Waals surface area contributed by atoms with E-state index in [0.29, 0.717) is 11.3 Å². The average Bonchev–Trinajstić information content (AvgIpc) is 2.26. The molecule has 2 heteroatoms. The first-order valence-corrected chi connectivity index (χ1v) is 5.33. The van der Waals surface area contributed by atoms with Crippen molar-refractivity contribution in [1.82, 2.24) is 0 Å². The summed E-state index contributed by atoms with van der Waals surface area (Å²) >= 11 is 0. The van der Waals surface area contributed by atoms with Crippen molar-refractivity contribution in [1.29, 1.82) is 5.26 Å². The fourth-order valence-corrected chi connectivity index (χ4v) is 1.43. The SMILES string of the molecule is C/C(C#N)=C(/N)c1ccc(C(C)(C)C)cc1. The Kier molecular flexibility index (Phi) is 3.39. The molecule has 0 amide bonds. The quantitative estimate of drug-likeness (QED) is 0.730. The minimum atomic E-state index is 0.140.